The molecule has 1 aromatic carbocycles. The van der Waals surface area contributed by atoms with E-state index in [9.17, 15) is 9.59 Å². The molecule has 1 aliphatic carbocycles. The quantitative estimate of drug-likeness (QED) is 0.831. The number of urea groups is 1. The fourth-order valence-electron chi connectivity index (χ4n) is 4.50. The Kier molecular flexibility index (Phi) is 6.37. The van der Waals surface area contributed by atoms with Crippen molar-refractivity contribution in [3.8, 4) is 0 Å². The number of carbonyl (C=O) groups is 2. The van der Waals surface area contributed by atoms with Crippen LogP contribution in [0.5, 0.6) is 0 Å². The third kappa shape index (κ3) is 4.61. The Morgan fingerprint density at radius 2 is 1.81 bits per heavy atom. The number of piperidine rings is 1. The SMILES string of the molecule is CCN(CC(=O)O)C1CCN(C(=O)NC2CCC(C)c3ccccc32)CC1. The highest BCUT2D eigenvalue weighted by atomic mass is 16.4. The summed E-state index contributed by atoms with van der Waals surface area (Å²) in [5.74, 6) is -0.249. The molecule has 1 aromatic rings. The molecule has 1 fully saturated rings. The molecule has 2 amide bonds. The second-order valence-electron chi connectivity index (χ2n) is 7.78. The first-order chi connectivity index (χ1) is 13.0. The number of nitrogens with one attached hydrogen (secondary N) is 1. The van der Waals surface area contributed by atoms with Crippen LogP contribution in [-0.4, -0.2) is 59.1 Å². The summed E-state index contributed by atoms with van der Waals surface area (Å²) in [6.45, 7) is 6.39. The predicted octanol–water partition coefficient (Wildman–Crippen LogP) is 3.21. The Morgan fingerprint density at radius 1 is 1.15 bits per heavy atom. The van der Waals surface area contributed by atoms with Gasteiger partial charge >= 0.3 is 12.0 Å². The number of nitrogens with zero attached hydrogens (tertiary/aromatic N) is 2. The van der Waals surface area contributed by atoms with Crippen molar-refractivity contribution in [3.63, 3.8) is 0 Å². The fourth-order valence-corrected chi connectivity index (χ4v) is 4.50. The summed E-state index contributed by atoms with van der Waals surface area (Å²) >= 11 is 0. The van der Waals surface area contributed by atoms with Crippen LogP contribution in [-0.2, 0) is 4.79 Å². The van der Waals surface area contributed by atoms with Gasteiger partial charge < -0.3 is 15.3 Å². The number of fused-ring (bicyclic) bond motifs is 1. The molecule has 0 saturated carbocycles. The van der Waals surface area contributed by atoms with Crippen LogP contribution in [0.2, 0.25) is 0 Å². The number of aliphatic carboxylic acids is 1. The van der Waals surface area contributed by atoms with E-state index in [1.165, 1.54) is 11.1 Å². The first kappa shape index (κ1) is 19.7. The second-order valence-corrected chi connectivity index (χ2v) is 7.78. The smallest absolute Gasteiger partial charge is 0.317 e. The van der Waals surface area contributed by atoms with Crippen molar-refractivity contribution >= 4 is 12.0 Å². The number of amides is 2. The molecular weight excluding hydrogens is 342 g/mol. The third-order valence-corrected chi connectivity index (χ3v) is 6.10. The van der Waals surface area contributed by atoms with E-state index in [-0.39, 0.29) is 24.7 Å². The molecule has 3 rings (SSSR count). The molecule has 6 heteroatoms. The Balaban J connectivity index is 1.56. The molecule has 0 aromatic heterocycles. The molecule has 2 atom stereocenters. The highest BCUT2D eigenvalue weighted by molar-refractivity contribution is 5.75. The summed E-state index contributed by atoms with van der Waals surface area (Å²) in [6, 6.07) is 8.75. The topological polar surface area (TPSA) is 72.9 Å². The van der Waals surface area contributed by atoms with Gasteiger partial charge in [-0.1, -0.05) is 38.1 Å². The van der Waals surface area contributed by atoms with Gasteiger partial charge in [0.2, 0.25) is 0 Å². The Bertz CT molecular complexity index is 670. The van der Waals surface area contributed by atoms with Crippen LogP contribution in [0.15, 0.2) is 24.3 Å². The highest BCUT2D eigenvalue weighted by Crippen LogP contribution is 2.37. The first-order valence-corrected chi connectivity index (χ1v) is 10.1. The molecule has 1 heterocycles. The van der Waals surface area contributed by atoms with Gasteiger partial charge in [0, 0.05) is 19.1 Å². The van der Waals surface area contributed by atoms with Gasteiger partial charge in [-0.05, 0) is 49.3 Å². The maximum Gasteiger partial charge on any atom is 0.317 e. The third-order valence-electron chi connectivity index (χ3n) is 6.10. The van der Waals surface area contributed by atoms with Crippen LogP contribution in [0.4, 0.5) is 4.79 Å². The van der Waals surface area contributed by atoms with Gasteiger partial charge in [0.25, 0.3) is 0 Å². The van der Waals surface area contributed by atoms with E-state index in [1.807, 2.05) is 22.8 Å². The van der Waals surface area contributed by atoms with Gasteiger partial charge in [-0.3, -0.25) is 9.69 Å². The van der Waals surface area contributed by atoms with Crippen LogP contribution in [0.25, 0.3) is 0 Å². The molecule has 148 valence electrons. The number of likely N-dealkylation sites (tertiary alicyclic amines) is 1. The minimum absolute atomic E-state index is 0.00379. The fraction of sp³-hybridized carbons (Fsp3) is 0.619. The van der Waals surface area contributed by atoms with Crippen molar-refractivity contribution in [2.24, 2.45) is 0 Å². The lowest BCUT2D eigenvalue weighted by Crippen LogP contribution is -2.51. The zero-order valence-corrected chi connectivity index (χ0v) is 16.4. The molecule has 1 aliphatic heterocycles. The van der Waals surface area contributed by atoms with Gasteiger partial charge in [0.1, 0.15) is 0 Å². The number of likely N-dealkylation sites (N-methyl/N-ethyl adjacent to an activating group) is 1. The highest BCUT2D eigenvalue weighted by Gasteiger charge is 2.30. The number of rotatable bonds is 5. The van der Waals surface area contributed by atoms with Crippen LogP contribution in [0.1, 0.15) is 62.6 Å². The summed E-state index contributed by atoms with van der Waals surface area (Å²) in [5.41, 5.74) is 2.60. The Labute approximate surface area is 161 Å². The van der Waals surface area contributed by atoms with Crippen molar-refractivity contribution in [2.75, 3.05) is 26.2 Å². The molecule has 6 nitrogen and oxygen atoms in total. The summed E-state index contributed by atoms with van der Waals surface area (Å²) in [4.78, 5) is 27.7. The normalized spacial score (nSPS) is 23.1. The van der Waals surface area contributed by atoms with E-state index < -0.39 is 5.97 Å². The summed E-state index contributed by atoms with van der Waals surface area (Å²) in [5, 5.41) is 12.3. The van der Waals surface area contributed by atoms with Gasteiger partial charge in [-0.15, -0.1) is 0 Å². The Hall–Kier alpha value is -2.08. The zero-order valence-electron chi connectivity index (χ0n) is 16.4. The van der Waals surface area contributed by atoms with Crippen molar-refractivity contribution in [2.45, 2.75) is 57.5 Å². The van der Waals surface area contributed by atoms with Crippen LogP contribution >= 0.6 is 0 Å². The van der Waals surface area contributed by atoms with E-state index in [0.29, 0.717) is 19.0 Å². The van der Waals surface area contributed by atoms with Crippen molar-refractivity contribution < 1.29 is 14.7 Å². The largest absolute Gasteiger partial charge is 0.480 e. The molecule has 2 N–H and O–H groups in total. The summed E-state index contributed by atoms with van der Waals surface area (Å²) in [7, 11) is 0. The second kappa shape index (κ2) is 8.74. The average molecular weight is 373 g/mol. The van der Waals surface area contributed by atoms with Gasteiger partial charge in [0.05, 0.1) is 12.6 Å². The van der Waals surface area contributed by atoms with Crippen LogP contribution in [0.3, 0.4) is 0 Å². The predicted molar refractivity (Wildman–Crippen MR) is 105 cm³/mol. The van der Waals surface area contributed by atoms with Crippen molar-refractivity contribution in [1.29, 1.82) is 0 Å². The van der Waals surface area contributed by atoms with Gasteiger partial charge in [-0.25, -0.2) is 4.79 Å². The van der Waals surface area contributed by atoms with Crippen LogP contribution < -0.4 is 5.32 Å². The van der Waals surface area contributed by atoms with E-state index in [4.69, 9.17) is 5.11 Å². The lowest BCUT2D eigenvalue weighted by Gasteiger charge is -2.38. The molecule has 2 unspecified atom stereocenters. The lowest BCUT2D eigenvalue weighted by molar-refractivity contribution is -0.139. The standard InChI is InChI=1S/C21H31N3O3/c1-3-23(14-20(25)26)16-10-12-24(13-11-16)21(27)22-19-9-8-15(2)17-6-4-5-7-18(17)19/h4-7,15-16,19H,3,8-14H2,1-2H3,(H,22,27)(H,25,26). The van der Waals surface area contributed by atoms with E-state index in [0.717, 1.165) is 32.2 Å². The Morgan fingerprint density at radius 3 is 2.44 bits per heavy atom. The van der Waals surface area contributed by atoms with E-state index in [1.54, 1.807) is 0 Å². The average Bonchev–Trinajstić information content (AvgIpc) is 2.68. The first-order valence-electron chi connectivity index (χ1n) is 10.1. The number of carboxylic acids is 1. The number of benzene rings is 1. The molecule has 0 bridgehead atoms. The molecule has 27 heavy (non-hydrogen) atoms. The van der Waals surface area contributed by atoms with E-state index in [2.05, 4.69) is 30.4 Å². The summed E-state index contributed by atoms with van der Waals surface area (Å²) in [6.07, 6.45) is 3.72. The van der Waals surface area contributed by atoms with Crippen LogP contribution in [0, 0.1) is 0 Å². The lowest BCUT2D eigenvalue weighted by atomic mass is 9.81. The molecule has 0 spiro atoms. The maximum atomic E-state index is 12.8. The number of hydrogen-bond acceptors (Lipinski definition) is 3. The molecule has 0 radical (unpaired) electrons. The summed E-state index contributed by atoms with van der Waals surface area (Å²) < 4.78 is 0. The van der Waals surface area contributed by atoms with Gasteiger partial charge in [0.15, 0.2) is 0 Å². The number of carboxylic acid groups (broad SMARTS) is 1. The van der Waals surface area contributed by atoms with Gasteiger partial charge in [-0.2, -0.15) is 0 Å². The van der Waals surface area contributed by atoms with Crippen molar-refractivity contribution in [1.82, 2.24) is 15.1 Å². The number of carbonyl (C=O) groups excluding carboxylic acids is 1. The minimum atomic E-state index is -0.790. The van der Waals surface area contributed by atoms with E-state index >= 15 is 0 Å². The molecule has 1 saturated heterocycles. The minimum Gasteiger partial charge on any atom is -0.480 e. The monoisotopic (exact) mass is 373 g/mol. The molecule has 2 aliphatic rings. The van der Waals surface area contributed by atoms with Crippen molar-refractivity contribution in [3.05, 3.63) is 35.4 Å². The molecular formula is C21H31N3O3. The maximum absolute atomic E-state index is 12.8. The number of hydrogen-bond donors (Lipinski definition) is 2. The zero-order chi connectivity index (χ0) is 19.4.